The summed E-state index contributed by atoms with van der Waals surface area (Å²) >= 11 is 0. The highest BCUT2D eigenvalue weighted by Crippen LogP contribution is 2.38. The molecule has 8 nitrogen and oxygen atoms in total. The Morgan fingerprint density at radius 2 is 1.75 bits per heavy atom. The molecule has 0 aliphatic carbocycles. The van der Waals surface area contributed by atoms with Gasteiger partial charge in [-0.05, 0) is 43.2 Å². The molecule has 2 heterocycles. The number of alkyl halides is 3. The van der Waals surface area contributed by atoms with Gasteiger partial charge in [0.2, 0.25) is 0 Å². The number of aryl methyl sites for hydroxylation is 1. The predicted octanol–water partition coefficient (Wildman–Crippen LogP) is 4.83. The first-order valence-electron chi connectivity index (χ1n) is 11.1. The topological polar surface area (TPSA) is 112 Å². The fourth-order valence-corrected chi connectivity index (χ4v) is 4.56. The van der Waals surface area contributed by atoms with E-state index in [2.05, 4.69) is 14.7 Å². The van der Waals surface area contributed by atoms with E-state index in [4.69, 9.17) is 5.11 Å². The number of benzene rings is 1. The van der Waals surface area contributed by atoms with Crippen LogP contribution in [0.1, 0.15) is 31.4 Å². The normalized spacial score (nSPS) is 11.8. The van der Waals surface area contributed by atoms with Crippen LogP contribution in [0.3, 0.4) is 0 Å². The van der Waals surface area contributed by atoms with Crippen molar-refractivity contribution in [2.45, 2.75) is 37.9 Å². The van der Waals surface area contributed by atoms with Crippen LogP contribution in [0.15, 0.2) is 59.6 Å². The Balaban J connectivity index is 1.99. The third kappa shape index (κ3) is 6.30. The number of hydrogen-bond donors (Lipinski definition) is 2. The molecular weight excluding hydrogens is 497 g/mol. The average Bonchev–Trinajstić information content (AvgIpc) is 2.83. The molecule has 0 atom stereocenters. The molecule has 0 bridgehead atoms. The number of carboxylic acid groups (broad SMARTS) is 1. The predicted molar refractivity (Wildman–Crippen MR) is 129 cm³/mol. The lowest BCUT2D eigenvalue weighted by Gasteiger charge is -2.21. The maximum absolute atomic E-state index is 13.7. The molecule has 0 aliphatic rings. The lowest BCUT2D eigenvalue weighted by atomic mass is 9.98. The summed E-state index contributed by atoms with van der Waals surface area (Å²) in [4.78, 5) is 20.7. The number of halogens is 3. The van der Waals surface area contributed by atoms with Gasteiger partial charge < -0.3 is 10.0 Å². The number of rotatable bonds is 10. The number of sulfonamides is 1. The molecule has 3 rings (SSSR count). The van der Waals surface area contributed by atoms with E-state index in [9.17, 15) is 26.4 Å². The lowest BCUT2D eigenvalue weighted by Crippen LogP contribution is -2.27. The van der Waals surface area contributed by atoms with Crippen LogP contribution in [-0.2, 0) is 27.4 Å². The first kappa shape index (κ1) is 26.9. The van der Waals surface area contributed by atoms with Gasteiger partial charge in [-0.3, -0.25) is 9.52 Å². The Morgan fingerprint density at radius 3 is 2.39 bits per heavy atom. The van der Waals surface area contributed by atoms with Gasteiger partial charge in [-0.25, -0.2) is 9.97 Å². The van der Waals surface area contributed by atoms with E-state index in [1.54, 1.807) is 43.0 Å². The van der Waals surface area contributed by atoms with Crippen molar-refractivity contribution in [3.05, 3.63) is 65.7 Å². The molecule has 0 fully saturated rings. The van der Waals surface area contributed by atoms with Crippen molar-refractivity contribution >= 4 is 27.6 Å². The molecule has 36 heavy (non-hydrogen) atoms. The summed E-state index contributed by atoms with van der Waals surface area (Å²) in [5.74, 6) is -1.05. The second kappa shape index (κ2) is 10.9. The van der Waals surface area contributed by atoms with E-state index < -0.39 is 27.7 Å². The maximum atomic E-state index is 13.7. The molecule has 0 spiro atoms. The first-order valence-corrected chi connectivity index (χ1v) is 12.6. The van der Waals surface area contributed by atoms with Crippen LogP contribution in [0.2, 0.25) is 0 Å². The molecule has 0 radical (unpaired) electrons. The van der Waals surface area contributed by atoms with E-state index in [-0.39, 0.29) is 40.9 Å². The molecule has 0 aliphatic heterocycles. The fraction of sp³-hybridized carbons (Fsp3) is 0.292. The zero-order valence-corrected chi connectivity index (χ0v) is 20.4. The molecule has 0 amide bonds. The molecule has 1 aromatic carbocycles. The number of nitrogens with one attached hydrogen (secondary N) is 1. The largest absolute Gasteiger partial charge is 0.481 e. The van der Waals surface area contributed by atoms with Crippen molar-refractivity contribution in [1.29, 1.82) is 0 Å². The minimum absolute atomic E-state index is 0.121. The number of aromatic nitrogens is 2. The Hall–Kier alpha value is -3.67. The van der Waals surface area contributed by atoms with Crippen molar-refractivity contribution in [3.8, 4) is 11.3 Å². The van der Waals surface area contributed by atoms with E-state index in [1.807, 2.05) is 0 Å². The number of nitrogens with zero attached hydrogens (tertiary/aromatic N) is 3. The molecule has 2 N–H and O–H groups in total. The van der Waals surface area contributed by atoms with Crippen LogP contribution in [0.4, 0.5) is 24.8 Å². The number of hydrogen-bond acceptors (Lipinski definition) is 6. The molecule has 2 aromatic heterocycles. The van der Waals surface area contributed by atoms with Crippen LogP contribution in [-0.4, -0.2) is 42.6 Å². The van der Waals surface area contributed by atoms with Crippen LogP contribution in [0.25, 0.3) is 11.3 Å². The van der Waals surface area contributed by atoms with E-state index in [0.717, 1.165) is 12.1 Å². The highest BCUT2D eigenvalue weighted by atomic mass is 32.2. The van der Waals surface area contributed by atoms with Crippen molar-refractivity contribution in [3.63, 3.8) is 0 Å². The third-order valence-electron chi connectivity index (χ3n) is 5.38. The summed E-state index contributed by atoms with van der Waals surface area (Å²) in [6.07, 6.45) is -4.41. The summed E-state index contributed by atoms with van der Waals surface area (Å²) in [5.41, 5.74) is -0.479. The monoisotopic (exact) mass is 522 g/mol. The fourth-order valence-electron chi connectivity index (χ4n) is 3.59. The summed E-state index contributed by atoms with van der Waals surface area (Å²) in [7, 11) is -4.32. The molecule has 0 saturated heterocycles. The first-order chi connectivity index (χ1) is 17.0. The standard InChI is InChI=1S/C24H25F3N4O4S/c1-3-16-8-5-6-9-17(16)23-18(24(25,26)27)12-13-19(28-23)30-36(34,35)21-11-7-10-20(29-21)31(4-2)15-14-22(32)33/h5-13H,3-4,14-15H2,1-2H3,(H,28,30)(H,32,33). The number of anilines is 2. The highest BCUT2D eigenvalue weighted by Gasteiger charge is 2.35. The third-order valence-corrected chi connectivity index (χ3v) is 6.63. The number of aliphatic carboxylic acids is 1. The molecule has 12 heteroatoms. The van der Waals surface area contributed by atoms with Gasteiger partial charge in [0.15, 0.2) is 5.03 Å². The SMILES string of the molecule is CCc1ccccc1-c1nc(NS(=O)(=O)c2cccc(N(CC)CCC(=O)O)n2)ccc1C(F)(F)F. The number of carbonyl (C=O) groups is 1. The van der Waals surface area contributed by atoms with Gasteiger partial charge >= 0.3 is 12.1 Å². The summed E-state index contributed by atoms with van der Waals surface area (Å²) in [6.45, 7) is 4.08. The quantitative estimate of drug-likeness (QED) is 0.392. The van der Waals surface area contributed by atoms with E-state index in [1.165, 1.54) is 18.2 Å². The van der Waals surface area contributed by atoms with Crippen LogP contribution in [0, 0.1) is 0 Å². The second-order valence-electron chi connectivity index (χ2n) is 7.76. The zero-order valence-electron chi connectivity index (χ0n) is 19.6. The average molecular weight is 523 g/mol. The van der Waals surface area contributed by atoms with Crippen molar-refractivity contribution in [2.24, 2.45) is 0 Å². The van der Waals surface area contributed by atoms with Crippen LogP contribution < -0.4 is 9.62 Å². The van der Waals surface area contributed by atoms with Crippen LogP contribution >= 0.6 is 0 Å². The van der Waals surface area contributed by atoms with Gasteiger partial charge in [-0.1, -0.05) is 37.3 Å². The van der Waals surface area contributed by atoms with Gasteiger partial charge in [0.25, 0.3) is 10.0 Å². The molecule has 192 valence electrons. The van der Waals surface area contributed by atoms with E-state index >= 15 is 0 Å². The summed E-state index contributed by atoms with van der Waals surface area (Å²) in [5, 5.41) is 8.55. The minimum atomic E-state index is -4.70. The molecule has 0 saturated carbocycles. The second-order valence-corrected chi connectivity index (χ2v) is 9.39. The number of carboxylic acids is 1. The van der Waals surface area contributed by atoms with Gasteiger partial charge in [-0.2, -0.15) is 21.6 Å². The van der Waals surface area contributed by atoms with Crippen molar-refractivity contribution < 1.29 is 31.5 Å². The van der Waals surface area contributed by atoms with Crippen LogP contribution in [0.5, 0.6) is 0 Å². The minimum Gasteiger partial charge on any atom is -0.481 e. The Labute approximate surface area is 206 Å². The molecule has 3 aromatic rings. The van der Waals surface area contributed by atoms with Crippen molar-refractivity contribution in [2.75, 3.05) is 22.7 Å². The number of pyridine rings is 2. The Kier molecular flexibility index (Phi) is 8.18. The van der Waals surface area contributed by atoms with Gasteiger partial charge in [0, 0.05) is 18.7 Å². The molecular formula is C24H25F3N4O4S. The lowest BCUT2D eigenvalue weighted by molar-refractivity contribution is -0.138. The van der Waals surface area contributed by atoms with Gasteiger partial charge in [0.05, 0.1) is 17.7 Å². The smallest absolute Gasteiger partial charge is 0.418 e. The maximum Gasteiger partial charge on any atom is 0.418 e. The van der Waals surface area contributed by atoms with Gasteiger partial charge in [-0.15, -0.1) is 0 Å². The molecule has 0 unspecified atom stereocenters. The van der Waals surface area contributed by atoms with E-state index in [0.29, 0.717) is 18.5 Å². The highest BCUT2D eigenvalue weighted by molar-refractivity contribution is 7.92. The summed E-state index contributed by atoms with van der Waals surface area (Å²) in [6, 6.07) is 12.5. The Morgan fingerprint density at radius 1 is 1.03 bits per heavy atom. The Bertz CT molecular complexity index is 1350. The van der Waals surface area contributed by atoms with Crippen molar-refractivity contribution in [1.82, 2.24) is 9.97 Å². The summed E-state index contributed by atoms with van der Waals surface area (Å²) < 4.78 is 69.5. The van der Waals surface area contributed by atoms with Gasteiger partial charge in [0.1, 0.15) is 11.6 Å². The zero-order chi connectivity index (χ0) is 26.5.